The highest BCUT2D eigenvalue weighted by Crippen LogP contribution is 2.46. The maximum atomic E-state index is 15.3. The third kappa shape index (κ3) is 4.30. The van der Waals surface area contributed by atoms with Crippen molar-refractivity contribution in [2.75, 3.05) is 25.7 Å². The van der Waals surface area contributed by atoms with Gasteiger partial charge < -0.3 is 24.1 Å². The van der Waals surface area contributed by atoms with Gasteiger partial charge in [0, 0.05) is 17.8 Å². The maximum absolute atomic E-state index is 15.3. The van der Waals surface area contributed by atoms with Gasteiger partial charge in [-0.05, 0) is 29.8 Å². The number of nitrogens with zero attached hydrogens (tertiary/aromatic N) is 5. The molecule has 0 unspecified atom stereocenters. The van der Waals surface area contributed by atoms with E-state index in [0.29, 0.717) is 49.2 Å². The Labute approximate surface area is 224 Å². The van der Waals surface area contributed by atoms with E-state index in [1.54, 1.807) is 30.5 Å². The van der Waals surface area contributed by atoms with Crippen LogP contribution in [0.5, 0.6) is 17.4 Å². The van der Waals surface area contributed by atoms with Crippen molar-refractivity contribution < 1.29 is 33.2 Å². The number of rotatable bonds is 5. The number of benzene rings is 2. The van der Waals surface area contributed by atoms with Crippen LogP contribution in [0.4, 0.5) is 14.9 Å². The second-order valence-electron chi connectivity index (χ2n) is 8.40. The lowest BCUT2D eigenvalue weighted by atomic mass is 10.1. The molecule has 4 heterocycles. The van der Waals surface area contributed by atoms with Crippen molar-refractivity contribution in [1.82, 2.24) is 19.9 Å². The number of hydrogen-bond donors (Lipinski definition) is 1. The SMILES string of the molecule is COC(=O)N(c1cccnc1)[C@H]1COc2c(cc(F)c3nc(-c4cc(CO)cc5nc(OC)cnc45)sc23)O1. The summed E-state index contributed by atoms with van der Waals surface area (Å²) in [4.78, 5) is 31.3. The smallest absolute Gasteiger partial charge is 0.417 e. The van der Waals surface area contributed by atoms with Gasteiger partial charge in [0.05, 0.1) is 49.9 Å². The van der Waals surface area contributed by atoms with Gasteiger partial charge in [-0.2, -0.15) is 0 Å². The van der Waals surface area contributed by atoms with Crippen molar-refractivity contribution in [3.8, 4) is 28.0 Å². The topological polar surface area (TPSA) is 129 Å². The van der Waals surface area contributed by atoms with E-state index < -0.39 is 18.1 Å². The van der Waals surface area contributed by atoms with Crippen LogP contribution in [0, 0.1) is 5.82 Å². The van der Waals surface area contributed by atoms with E-state index in [1.807, 2.05) is 0 Å². The molecule has 0 bridgehead atoms. The zero-order valence-electron chi connectivity index (χ0n) is 20.6. The van der Waals surface area contributed by atoms with Crippen LogP contribution in [0.3, 0.4) is 0 Å². The Morgan fingerprint density at radius 2 is 2.10 bits per heavy atom. The van der Waals surface area contributed by atoms with Gasteiger partial charge in [-0.1, -0.05) is 0 Å². The summed E-state index contributed by atoms with van der Waals surface area (Å²) in [6, 6.07) is 7.96. The van der Waals surface area contributed by atoms with Crippen LogP contribution in [-0.2, 0) is 11.3 Å². The molecule has 5 aromatic rings. The summed E-state index contributed by atoms with van der Waals surface area (Å²) in [5.74, 6) is 0.109. The molecule has 1 aliphatic rings. The first-order valence-electron chi connectivity index (χ1n) is 11.6. The van der Waals surface area contributed by atoms with E-state index in [9.17, 15) is 9.90 Å². The van der Waals surface area contributed by atoms with E-state index in [4.69, 9.17) is 18.9 Å². The molecule has 0 fully saturated rings. The maximum Gasteiger partial charge on any atom is 0.417 e. The number of anilines is 1. The predicted octanol–water partition coefficient (Wildman–Crippen LogP) is 4.31. The Balaban J connectivity index is 1.43. The molecule has 3 aromatic heterocycles. The Hall–Kier alpha value is -4.62. The number of aliphatic hydroxyl groups is 1. The molecule has 1 aliphatic heterocycles. The van der Waals surface area contributed by atoms with Gasteiger partial charge in [0.2, 0.25) is 12.1 Å². The highest BCUT2D eigenvalue weighted by molar-refractivity contribution is 7.22. The van der Waals surface area contributed by atoms with Gasteiger partial charge in [-0.15, -0.1) is 11.3 Å². The molecular weight excluding hydrogens is 529 g/mol. The molecule has 0 saturated carbocycles. The van der Waals surface area contributed by atoms with Crippen molar-refractivity contribution >= 4 is 44.4 Å². The molecule has 11 nitrogen and oxygen atoms in total. The molecule has 39 heavy (non-hydrogen) atoms. The highest BCUT2D eigenvalue weighted by atomic mass is 32.1. The van der Waals surface area contributed by atoms with E-state index in [0.717, 1.165) is 0 Å². The van der Waals surface area contributed by atoms with Crippen molar-refractivity contribution in [3.63, 3.8) is 0 Å². The lowest BCUT2D eigenvalue weighted by molar-refractivity contribution is 0.0829. The summed E-state index contributed by atoms with van der Waals surface area (Å²) in [5.41, 5.74) is 2.70. The summed E-state index contributed by atoms with van der Waals surface area (Å²) in [7, 11) is 2.74. The number of thiazole rings is 1. The first-order valence-corrected chi connectivity index (χ1v) is 12.5. The van der Waals surface area contributed by atoms with Gasteiger partial charge >= 0.3 is 6.09 Å². The summed E-state index contributed by atoms with van der Waals surface area (Å²) in [5, 5.41) is 10.3. The minimum absolute atomic E-state index is 0.0564. The minimum atomic E-state index is -0.936. The van der Waals surface area contributed by atoms with Crippen LogP contribution < -0.4 is 19.1 Å². The van der Waals surface area contributed by atoms with Crippen LogP contribution >= 0.6 is 11.3 Å². The quantitative estimate of drug-likeness (QED) is 0.339. The summed E-state index contributed by atoms with van der Waals surface area (Å²) < 4.78 is 38.0. The first kappa shape index (κ1) is 24.7. The van der Waals surface area contributed by atoms with E-state index in [1.165, 1.54) is 48.9 Å². The monoisotopic (exact) mass is 549 g/mol. The van der Waals surface area contributed by atoms with Crippen LogP contribution in [0.25, 0.3) is 31.8 Å². The Bertz CT molecular complexity index is 1710. The number of amides is 1. The number of aliphatic hydroxyl groups excluding tert-OH is 1. The van der Waals surface area contributed by atoms with Gasteiger partial charge in [-0.25, -0.2) is 29.0 Å². The summed E-state index contributed by atoms with van der Waals surface area (Å²) in [6.07, 6.45) is 2.91. The third-order valence-corrected chi connectivity index (χ3v) is 7.15. The molecule has 198 valence electrons. The number of aromatic nitrogens is 4. The fourth-order valence-electron chi connectivity index (χ4n) is 4.30. The number of hydrogen-bond acceptors (Lipinski definition) is 11. The predicted molar refractivity (Wildman–Crippen MR) is 140 cm³/mol. The van der Waals surface area contributed by atoms with Crippen molar-refractivity contribution in [1.29, 1.82) is 0 Å². The van der Waals surface area contributed by atoms with Gasteiger partial charge in [0.15, 0.2) is 17.3 Å². The van der Waals surface area contributed by atoms with Crippen molar-refractivity contribution in [3.05, 3.63) is 60.3 Å². The molecule has 13 heteroatoms. The average Bonchev–Trinajstić information content (AvgIpc) is 3.43. The Morgan fingerprint density at radius 3 is 2.85 bits per heavy atom. The largest absolute Gasteiger partial charge is 0.482 e. The summed E-state index contributed by atoms with van der Waals surface area (Å²) >= 11 is 1.19. The Kier molecular flexibility index (Phi) is 6.29. The van der Waals surface area contributed by atoms with Crippen LogP contribution in [0.15, 0.2) is 48.9 Å². The second-order valence-corrected chi connectivity index (χ2v) is 9.40. The van der Waals surface area contributed by atoms with Crippen LogP contribution in [-0.4, -0.2) is 58.2 Å². The number of ether oxygens (including phenoxy) is 4. The normalized spacial score (nSPS) is 14.4. The zero-order chi connectivity index (χ0) is 27.1. The molecule has 2 aromatic carbocycles. The fraction of sp³-hybridized carbons (Fsp3) is 0.192. The molecule has 1 N–H and O–H groups in total. The van der Waals surface area contributed by atoms with Crippen LogP contribution in [0.2, 0.25) is 0 Å². The molecular formula is C26H20FN5O6S. The molecule has 6 rings (SSSR count). The molecule has 0 aliphatic carbocycles. The molecule has 1 amide bonds. The van der Waals surface area contributed by atoms with E-state index >= 15 is 4.39 Å². The molecule has 1 atom stereocenters. The van der Waals surface area contributed by atoms with Gasteiger partial charge in [0.25, 0.3) is 0 Å². The number of pyridine rings is 1. The Morgan fingerprint density at radius 1 is 1.23 bits per heavy atom. The van der Waals surface area contributed by atoms with E-state index in [-0.39, 0.29) is 24.5 Å². The van der Waals surface area contributed by atoms with Crippen LogP contribution in [0.1, 0.15) is 5.56 Å². The third-order valence-electron chi connectivity index (χ3n) is 6.06. The first-order chi connectivity index (χ1) is 19.0. The number of carbonyl (C=O) groups is 1. The fourth-order valence-corrected chi connectivity index (χ4v) is 5.39. The average molecular weight is 550 g/mol. The van der Waals surface area contributed by atoms with Crippen molar-refractivity contribution in [2.45, 2.75) is 12.8 Å². The minimum Gasteiger partial charge on any atom is -0.482 e. The molecule has 0 saturated heterocycles. The number of carbonyl (C=O) groups excluding carboxylic acids is 1. The van der Waals surface area contributed by atoms with Gasteiger partial charge in [0.1, 0.15) is 21.8 Å². The number of methoxy groups -OCH3 is 2. The van der Waals surface area contributed by atoms with Gasteiger partial charge in [-0.3, -0.25) is 4.98 Å². The number of fused-ring (bicyclic) bond motifs is 4. The van der Waals surface area contributed by atoms with Crippen molar-refractivity contribution in [2.24, 2.45) is 0 Å². The van der Waals surface area contributed by atoms with E-state index in [2.05, 4.69) is 19.9 Å². The zero-order valence-corrected chi connectivity index (χ0v) is 21.4. The second kappa shape index (κ2) is 9.93. The lowest BCUT2D eigenvalue weighted by Gasteiger charge is -2.34. The standard InChI is InChI=1S/C26H20FN5O6S/c1-35-19-10-29-21-15(6-13(11-33)7-17(21)30-19)25-31-22-16(27)8-18-23(24(22)39-25)37-12-20(38-18)32(26(34)36-2)14-4-3-5-28-9-14/h3-10,20,33H,11-12H2,1-2H3/t20-/m1/s1. The lowest BCUT2D eigenvalue weighted by Crippen LogP contribution is -2.49. The number of halogens is 1. The molecule has 0 radical (unpaired) electrons. The highest BCUT2D eigenvalue weighted by Gasteiger charge is 2.35. The summed E-state index contributed by atoms with van der Waals surface area (Å²) in [6.45, 7) is -0.290. The molecule has 0 spiro atoms.